The molecule has 2 aromatic rings. The Morgan fingerprint density at radius 3 is 2.62 bits per heavy atom. The Hall–Kier alpha value is -2.40. The molecule has 0 atom stereocenters. The predicted octanol–water partition coefficient (Wildman–Crippen LogP) is 3.84. The number of hydrogen-bond acceptors (Lipinski definition) is 3. The highest BCUT2D eigenvalue weighted by molar-refractivity contribution is 7.80. The number of ether oxygens (including phenoxy) is 1. The second-order valence-corrected chi connectivity index (χ2v) is 6.21. The third-order valence-electron chi connectivity index (χ3n) is 3.33. The van der Waals surface area contributed by atoms with E-state index in [0.29, 0.717) is 6.42 Å². The van der Waals surface area contributed by atoms with Crippen LogP contribution in [-0.2, 0) is 11.2 Å². The Morgan fingerprint density at radius 1 is 1.17 bits per heavy atom. The summed E-state index contributed by atoms with van der Waals surface area (Å²) in [6.07, 6.45) is 0.395. The van der Waals surface area contributed by atoms with Gasteiger partial charge < -0.3 is 15.4 Å². The van der Waals surface area contributed by atoms with Crippen LogP contribution < -0.4 is 15.4 Å². The Kier molecular flexibility index (Phi) is 6.32. The lowest BCUT2D eigenvalue weighted by atomic mass is 10.1. The van der Waals surface area contributed by atoms with Crippen molar-refractivity contribution in [3.63, 3.8) is 0 Å². The van der Waals surface area contributed by atoms with Gasteiger partial charge in [-0.3, -0.25) is 4.79 Å². The van der Waals surface area contributed by atoms with Gasteiger partial charge in [0.2, 0.25) is 5.91 Å². The average molecular weight is 342 g/mol. The summed E-state index contributed by atoms with van der Waals surface area (Å²) in [5.41, 5.74) is 2.85. The molecule has 0 aliphatic carbocycles. The normalized spacial score (nSPS) is 10.3. The van der Waals surface area contributed by atoms with Gasteiger partial charge in [-0.25, -0.2) is 0 Å². The van der Waals surface area contributed by atoms with Crippen LogP contribution in [-0.4, -0.2) is 17.1 Å². The van der Waals surface area contributed by atoms with E-state index in [-0.39, 0.29) is 17.1 Å². The molecule has 0 fully saturated rings. The quantitative estimate of drug-likeness (QED) is 0.811. The van der Waals surface area contributed by atoms with Gasteiger partial charge in [0.25, 0.3) is 0 Å². The number of anilines is 1. The van der Waals surface area contributed by atoms with Crippen molar-refractivity contribution in [3.8, 4) is 5.75 Å². The fourth-order valence-electron chi connectivity index (χ4n) is 2.23. The number of hydrogen-bond donors (Lipinski definition) is 2. The van der Waals surface area contributed by atoms with E-state index < -0.39 is 0 Å². The topological polar surface area (TPSA) is 50.4 Å². The maximum Gasteiger partial charge on any atom is 0.230 e. The number of rotatable bonds is 5. The molecule has 2 aromatic carbocycles. The summed E-state index contributed by atoms with van der Waals surface area (Å²) in [7, 11) is 0. The Bertz CT molecular complexity index is 729. The molecule has 0 heterocycles. The van der Waals surface area contributed by atoms with Crippen molar-refractivity contribution in [2.75, 3.05) is 5.32 Å². The Labute approximate surface area is 148 Å². The van der Waals surface area contributed by atoms with E-state index in [1.807, 2.05) is 69.3 Å². The molecule has 0 spiro atoms. The minimum atomic E-state index is -0.142. The standard InChI is InChI=1S/C19H22N2O2S/c1-13(2)23-17-10-6-9-16(12-17)20-19(24)21-18(22)11-15-8-5-4-7-14(15)3/h4-10,12-13H,11H2,1-3H3,(H2,20,21,22,24). The molecule has 5 heteroatoms. The van der Waals surface area contributed by atoms with Crippen LogP contribution in [0.5, 0.6) is 5.75 Å². The highest BCUT2D eigenvalue weighted by atomic mass is 32.1. The van der Waals surface area contributed by atoms with Gasteiger partial charge in [0.15, 0.2) is 5.11 Å². The fraction of sp³-hybridized carbons (Fsp3) is 0.263. The smallest absolute Gasteiger partial charge is 0.230 e. The van der Waals surface area contributed by atoms with Crippen LogP contribution in [0.15, 0.2) is 48.5 Å². The van der Waals surface area contributed by atoms with Crippen LogP contribution >= 0.6 is 12.2 Å². The second-order valence-electron chi connectivity index (χ2n) is 5.80. The third kappa shape index (κ3) is 5.66. The van der Waals surface area contributed by atoms with Crippen LogP contribution in [0.1, 0.15) is 25.0 Å². The van der Waals surface area contributed by atoms with E-state index in [1.54, 1.807) is 0 Å². The summed E-state index contributed by atoms with van der Waals surface area (Å²) in [4.78, 5) is 12.1. The molecule has 2 rings (SSSR count). The molecule has 0 radical (unpaired) electrons. The summed E-state index contributed by atoms with van der Waals surface area (Å²) >= 11 is 5.21. The number of nitrogens with one attached hydrogen (secondary N) is 2. The molecule has 24 heavy (non-hydrogen) atoms. The first-order valence-corrected chi connectivity index (χ1v) is 8.27. The van der Waals surface area contributed by atoms with Crippen LogP contribution in [0, 0.1) is 6.92 Å². The lowest BCUT2D eigenvalue weighted by molar-refractivity contribution is -0.119. The minimum Gasteiger partial charge on any atom is -0.491 e. The third-order valence-corrected chi connectivity index (χ3v) is 3.53. The number of benzene rings is 2. The summed E-state index contributed by atoms with van der Waals surface area (Å²) in [5.74, 6) is 0.612. The van der Waals surface area contributed by atoms with Gasteiger partial charge in [-0.15, -0.1) is 0 Å². The van der Waals surface area contributed by atoms with Gasteiger partial charge in [-0.1, -0.05) is 30.3 Å². The summed E-state index contributed by atoms with van der Waals surface area (Å²) in [6.45, 7) is 5.92. The minimum absolute atomic E-state index is 0.0982. The van der Waals surface area contributed by atoms with Crippen LogP contribution in [0.3, 0.4) is 0 Å². The van der Waals surface area contributed by atoms with Crippen molar-refractivity contribution in [3.05, 3.63) is 59.7 Å². The lowest BCUT2D eigenvalue weighted by Gasteiger charge is -2.13. The zero-order chi connectivity index (χ0) is 17.5. The largest absolute Gasteiger partial charge is 0.491 e. The first-order chi connectivity index (χ1) is 11.4. The predicted molar refractivity (Wildman–Crippen MR) is 101 cm³/mol. The van der Waals surface area contributed by atoms with Crippen molar-refractivity contribution in [2.45, 2.75) is 33.3 Å². The molecule has 0 saturated heterocycles. The molecule has 2 N–H and O–H groups in total. The van der Waals surface area contributed by atoms with Crippen molar-refractivity contribution < 1.29 is 9.53 Å². The Morgan fingerprint density at radius 2 is 1.92 bits per heavy atom. The second kappa shape index (κ2) is 8.45. The molecule has 0 unspecified atom stereocenters. The number of carbonyl (C=O) groups excluding carboxylic acids is 1. The SMILES string of the molecule is Cc1ccccc1CC(=O)NC(=S)Nc1cccc(OC(C)C)c1. The first kappa shape index (κ1) is 17.9. The first-order valence-electron chi connectivity index (χ1n) is 7.86. The summed E-state index contributed by atoms with van der Waals surface area (Å²) < 4.78 is 5.64. The van der Waals surface area contributed by atoms with Crippen molar-refractivity contribution in [2.24, 2.45) is 0 Å². The molecule has 0 bridgehead atoms. The van der Waals surface area contributed by atoms with E-state index in [2.05, 4.69) is 10.6 Å². The van der Waals surface area contributed by atoms with E-state index >= 15 is 0 Å². The number of amides is 1. The van der Waals surface area contributed by atoms with Gasteiger partial charge in [-0.05, 0) is 56.2 Å². The average Bonchev–Trinajstić information content (AvgIpc) is 2.49. The molecule has 126 valence electrons. The molecular formula is C19H22N2O2S. The molecule has 0 aromatic heterocycles. The summed E-state index contributed by atoms with van der Waals surface area (Å²) in [6, 6.07) is 15.3. The van der Waals surface area contributed by atoms with Crippen molar-refractivity contribution in [1.82, 2.24) is 5.32 Å². The van der Waals surface area contributed by atoms with Gasteiger partial charge in [0.1, 0.15) is 5.75 Å². The zero-order valence-electron chi connectivity index (χ0n) is 14.1. The van der Waals surface area contributed by atoms with Crippen molar-refractivity contribution in [1.29, 1.82) is 0 Å². The van der Waals surface area contributed by atoms with Crippen LogP contribution in [0.2, 0.25) is 0 Å². The molecule has 4 nitrogen and oxygen atoms in total. The van der Waals surface area contributed by atoms with Crippen LogP contribution in [0.4, 0.5) is 5.69 Å². The zero-order valence-corrected chi connectivity index (χ0v) is 14.9. The molecule has 0 aliphatic heterocycles. The van der Waals surface area contributed by atoms with E-state index in [0.717, 1.165) is 22.6 Å². The van der Waals surface area contributed by atoms with Gasteiger partial charge in [0.05, 0.1) is 12.5 Å². The number of thiocarbonyl (C=S) groups is 1. The number of aryl methyl sites for hydroxylation is 1. The maximum atomic E-state index is 12.1. The molecule has 0 aliphatic rings. The van der Waals surface area contributed by atoms with Crippen LogP contribution in [0.25, 0.3) is 0 Å². The fourth-order valence-corrected chi connectivity index (χ4v) is 2.47. The van der Waals surface area contributed by atoms with E-state index in [9.17, 15) is 4.79 Å². The van der Waals surface area contributed by atoms with Gasteiger partial charge >= 0.3 is 0 Å². The Balaban J connectivity index is 1.91. The molecule has 1 amide bonds. The van der Waals surface area contributed by atoms with E-state index in [4.69, 9.17) is 17.0 Å². The van der Waals surface area contributed by atoms with Gasteiger partial charge in [-0.2, -0.15) is 0 Å². The van der Waals surface area contributed by atoms with E-state index in [1.165, 1.54) is 0 Å². The van der Waals surface area contributed by atoms with Crippen molar-refractivity contribution >= 4 is 28.9 Å². The lowest BCUT2D eigenvalue weighted by Crippen LogP contribution is -2.35. The number of carbonyl (C=O) groups is 1. The molecular weight excluding hydrogens is 320 g/mol. The highest BCUT2D eigenvalue weighted by Gasteiger charge is 2.08. The summed E-state index contributed by atoms with van der Waals surface area (Å²) in [5, 5.41) is 5.98. The molecule has 0 saturated carbocycles. The maximum absolute atomic E-state index is 12.1. The highest BCUT2D eigenvalue weighted by Crippen LogP contribution is 2.18. The monoisotopic (exact) mass is 342 g/mol. The van der Waals surface area contributed by atoms with Gasteiger partial charge in [0, 0.05) is 11.8 Å².